The Labute approximate surface area is 130 Å². The molecular formula is C15H11FN4OS. The molecule has 1 aromatic rings. The molecule has 1 aliphatic carbocycles. The third-order valence-electron chi connectivity index (χ3n) is 4.82. The number of thioether (sulfide) groups is 1. The van der Waals surface area contributed by atoms with Crippen molar-refractivity contribution in [2.24, 2.45) is 21.6 Å². The number of fused-ring (bicyclic) bond motifs is 2. The average molecular weight is 314 g/mol. The minimum atomic E-state index is -1.32. The van der Waals surface area contributed by atoms with Gasteiger partial charge in [-0.2, -0.15) is 10.5 Å². The average Bonchev–Trinajstić information content (AvgIpc) is 2.76. The van der Waals surface area contributed by atoms with Crippen LogP contribution in [0.4, 0.5) is 4.39 Å². The van der Waals surface area contributed by atoms with Crippen LogP contribution in [0.3, 0.4) is 0 Å². The minimum absolute atomic E-state index is 0.0687. The van der Waals surface area contributed by atoms with Crippen molar-refractivity contribution in [3.8, 4) is 12.1 Å². The Kier molecular flexibility index (Phi) is 2.47. The van der Waals surface area contributed by atoms with Crippen molar-refractivity contribution in [2.75, 3.05) is 12.4 Å². The summed E-state index contributed by atoms with van der Waals surface area (Å²) in [5.74, 6) is -0.387. The SMILES string of the molecule is N#C[C@@]12[C@@H](c3ccccc3F)[C@]1(C#N)C(N)=N[C@@]21OCCS1. The molecular weight excluding hydrogens is 303 g/mol. The Balaban J connectivity index is 1.97. The van der Waals surface area contributed by atoms with Crippen LogP contribution in [0.1, 0.15) is 11.5 Å². The molecule has 1 saturated carbocycles. The van der Waals surface area contributed by atoms with Crippen LogP contribution in [0, 0.1) is 39.3 Å². The van der Waals surface area contributed by atoms with Gasteiger partial charge in [0.05, 0.1) is 18.7 Å². The summed E-state index contributed by atoms with van der Waals surface area (Å²) in [6.45, 7) is 0.427. The number of ether oxygens (including phenoxy) is 1. The van der Waals surface area contributed by atoms with Crippen molar-refractivity contribution in [1.82, 2.24) is 0 Å². The van der Waals surface area contributed by atoms with Gasteiger partial charge in [0.15, 0.2) is 5.41 Å². The van der Waals surface area contributed by atoms with Crippen molar-refractivity contribution in [1.29, 1.82) is 10.5 Å². The number of aliphatic imine (C=N–C) groups is 1. The molecule has 2 N–H and O–H groups in total. The van der Waals surface area contributed by atoms with Crippen LogP contribution in [0.2, 0.25) is 0 Å². The van der Waals surface area contributed by atoms with E-state index in [1.807, 2.05) is 0 Å². The maximum Gasteiger partial charge on any atom is 0.230 e. The van der Waals surface area contributed by atoms with Gasteiger partial charge in [0, 0.05) is 11.7 Å². The number of rotatable bonds is 1. The lowest BCUT2D eigenvalue weighted by molar-refractivity contribution is 0.0199. The molecule has 0 aromatic heterocycles. The van der Waals surface area contributed by atoms with Crippen LogP contribution in [-0.2, 0) is 4.74 Å². The molecule has 2 fully saturated rings. The van der Waals surface area contributed by atoms with Crippen LogP contribution in [0.25, 0.3) is 0 Å². The molecule has 1 saturated heterocycles. The standard InChI is InChI=1S/C15H11FN4OS/c16-10-4-2-1-3-9(10)11-13(7-17)12(19)20-15(14(11,13)8-18)21-5-6-22-15/h1-4,11H,5-6H2,(H2,19,20)/t11-,13+,14+,15+/m0/s1. The molecule has 0 amide bonds. The van der Waals surface area contributed by atoms with E-state index in [0.29, 0.717) is 17.9 Å². The van der Waals surface area contributed by atoms with Gasteiger partial charge in [-0.15, -0.1) is 0 Å². The highest BCUT2D eigenvalue weighted by atomic mass is 32.2. The van der Waals surface area contributed by atoms with E-state index in [4.69, 9.17) is 10.5 Å². The quantitative estimate of drug-likeness (QED) is 0.851. The summed E-state index contributed by atoms with van der Waals surface area (Å²) in [5.41, 5.74) is 3.74. The molecule has 0 radical (unpaired) electrons. The second-order valence-corrected chi connectivity index (χ2v) is 6.82. The smallest absolute Gasteiger partial charge is 0.230 e. The molecule has 7 heteroatoms. The zero-order chi connectivity index (χ0) is 15.6. The van der Waals surface area contributed by atoms with E-state index < -0.39 is 27.6 Å². The van der Waals surface area contributed by atoms with Gasteiger partial charge in [0.2, 0.25) is 5.06 Å². The van der Waals surface area contributed by atoms with Crippen LogP contribution in [0.5, 0.6) is 0 Å². The summed E-state index contributed by atoms with van der Waals surface area (Å²) in [4.78, 5) is 4.31. The molecule has 22 heavy (non-hydrogen) atoms. The molecule has 2 heterocycles. The topological polar surface area (TPSA) is 95.2 Å². The lowest BCUT2D eigenvalue weighted by Gasteiger charge is -2.26. The molecule has 0 bridgehead atoms. The van der Waals surface area contributed by atoms with Crippen molar-refractivity contribution < 1.29 is 9.13 Å². The number of halogens is 1. The first-order valence-corrected chi connectivity index (χ1v) is 7.79. The summed E-state index contributed by atoms with van der Waals surface area (Å²) < 4.78 is 20.0. The number of nitrogens with two attached hydrogens (primary N) is 1. The number of benzene rings is 1. The first-order chi connectivity index (χ1) is 10.6. The molecule has 1 spiro atoms. The van der Waals surface area contributed by atoms with E-state index in [1.54, 1.807) is 18.2 Å². The maximum atomic E-state index is 14.3. The van der Waals surface area contributed by atoms with Crippen LogP contribution < -0.4 is 5.73 Å². The van der Waals surface area contributed by atoms with Crippen LogP contribution >= 0.6 is 11.8 Å². The summed E-state index contributed by atoms with van der Waals surface area (Å²) in [6, 6.07) is 10.5. The summed E-state index contributed by atoms with van der Waals surface area (Å²) in [6.07, 6.45) is 0. The first-order valence-electron chi connectivity index (χ1n) is 6.80. The lowest BCUT2D eigenvalue weighted by atomic mass is 9.95. The zero-order valence-electron chi connectivity index (χ0n) is 11.4. The molecule has 2 aliphatic heterocycles. The molecule has 0 unspecified atom stereocenters. The molecule has 1 aromatic carbocycles. The van der Waals surface area contributed by atoms with Gasteiger partial charge >= 0.3 is 0 Å². The normalized spacial score (nSPS) is 41.6. The zero-order valence-corrected chi connectivity index (χ0v) is 12.2. The van der Waals surface area contributed by atoms with Gasteiger partial charge in [-0.3, -0.25) is 0 Å². The predicted molar refractivity (Wildman–Crippen MR) is 78.0 cm³/mol. The number of hydrogen-bond donors (Lipinski definition) is 1. The van der Waals surface area contributed by atoms with Gasteiger partial charge in [-0.05, 0) is 11.6 Å². The van der Waals surface area contributed by atoms with Gasteiger partial charge in [0.1, 0.15) is 17.1 Å². The number of nitrogens with zero attached hydrogens (tertiary/aromatic N) is 3. The van der Waals surface area contributed by atoms with E-state index in [-0.39, 0.29) is 5.84 Å². The Hall–Kier alpha value is -2.09. The molecule has 3 aliphatic rings. The Morgan fingerprint density at radius 2 is 2.14 bits per heavy atom. The van der Waals surface area contributed by atoms with Crippen molar-refractivity contribution >= 4 is 17.6 Å². The second kappa shape index (κ2) is 4.01. The third-order valence-corrected chi connectivity index (χ3v) is 6.12. The number of nitriles is 2. The lowest BCUT2D eigenvalue weighted by Crippen LogP contribution is -2.34. The fraction of sp³-hybridized carbons (Fsp3) is 0.400. The monoisotopic (exact) mass is 314 g/mol. The van der Waals surface area contributed by atoms with Crippen LogP contribution in [0.15, 0.2) is 29.3 Å². The summed E-state index contributed by atoms with van der Waals surface area (Å²) >= 11 is 1.36. The van der Waals surface area contributed by atoms with Crippen molar-refractivity contribution in [3.05, 3.63) is 35.6 Å². The largest absolute Gasteiger partial charge is 0.386 e. The Morgan fingerprint density at radius 1 is 1.36 bits per heavy atom. The number of hydrogen-bond acceptors (Lipinski definition) is 6. The van der Waals surface area contributed by atoms with E-state index in [2.05, 4.69) is 17.1 Å². The second-order valence-electron chi connectivity index (χ2n) is 5.57. The van der Waals surface area contributed by atoms with E-state index in [1.165, 1.54) is 17.8 Å². The van der Waals surface area contributed by atoms with Gasteiger partial charge in [0.25, 0.3) is 0 Å². The van der Waals surface area contributed by atoms with E-state index >= 15 is 0 Å². The van der Waals surface area contributed by atoms with Gasteiger partial charge in [-0.1, -0.05) is 30.0 Å². The number of amidine groups is 1. The van der Waals surface area contributed by atoms with Crippen molar-refractivity contribution in [3.63, 3.8) is 0 Å². The van der Waals surface area contributed by atoms with Gasteiger partial charge < -0.3 is 10.5 Å². The predicted octanol–water partition coefficient (Wildman–Crippen LogP) is 1.73. The Bertz CT molecular complexity index is 791. The summed E-state index contributed by atoms with van der Waals surface area (Å²) in [7, 11) is 0. The van der Waals surface area contributed by atoms with Gasteiger partial charge in [-0.25, -0.2) is 9.38 Å². The van der Waals surface area contributed by atoms with Crippen LogP contribution in [-0.4, -0.2) is 23.3 Å². The molecule has 5 nitrogen and oxygen atoms in total. The first kappa shape index (κ1) is 13.6. The highest BCUT2D eigenvalue weighted by molar-refractivity contribution is 8.00. The van der Waals surface area contributed by atoms with E-state index in [0.717, 1.165) is 0 Å². The molecule has 4 atom stereocenters. The van der Waals surface area contributed by atoms with Crippen molar-refractivity contribution in [2.45, 2.75) is 11.0 Å². The summed E-state index contributed by atoms with van der Waals surface area (Å²) in [5, 5.41) is 18.4. The fourth-order valence-electron chi connectivity index (χ4n) is 3.89. The molecule has 4 rings (SSSR count). The maximum absolute atomic E-state index is 14.3. The third kappa shape index (κ3) is 1.14. The minimum Gasteiger partial charge on any atom is -0.386 e. The fourth-order valence-corrected chi connectivity index (χ4v) is 5.22. The molecule has 110 valence electrons. The van der Waals surface area contributed by atoms with E-state index in [9.17, 15) is 14.9 Å². The Morgan fingerprint density at radius 3 is 2.73 bits per heavy atom. The highest BCUT2D eigenvalue weighted by Gasteiger charge is 2.93. The highest BCUT2D eigenvalue weighted by Crippen LogP contribution is 2.84.